The highest BCUT2D eigenvalue weighted by atomic mass is 19.1. The van der Waals surface area contributed by atoms with Gasteiger partial charge in [-0.15, -0.1) is 0 Å². The lowest BCUT2D eigenvalue weighted by atomic mass is 9.86. The minimum atomic E-state index is -0.298. The first-order valence-corrected chi connectivity index (χ1v) is 8.41. The molecule has 1 unspecified atom stereocenters. The molecule has 0 aliphatic carbocycles. The largest absolute Gasteiger partial charge is 0.308 e. The molecule has 1 aliphatic rings. The molecule has 2 nitrogen and oxygen atoms in total. The molecule has 0 aromatic heterocycles. The predicted molar refractivity (Wildman–Crippen MR) is 96.9 cm³/mol. The van der Waals surface area contributed by atoms with Crippen LogP contribution < -0.4 is 4.90 Å². The van der Waals surface area contributed by atoms with E-state index < -0.39 is 0 Å². The first-order valence-electron chi connectivity index (χ1n) is 8.41. The smallest absolute Gasteiger partial charge is 0.228 e. The van der Waals surface area contributed by atoms with E-state index in [-0.39, 0.29) is 17.6 Å². The second kappa shape index (κ2) is 6.52. The summed E-state index contributed by atoms with van der Waals surface area (Å²) in [6, 6.07) is 24.5. The highest BCUT2D eigenvalue weighted by molar-refractivity contribution is 5.94. The summed E-state index contributed by atoms with van der Waals surface area (Å²) in [5, 5.41) is 0. The van der Waals surface area contributed by atoms with E-state index in [9.17, 15) is 9.18 Å². The van der Waals surface area contributed by atoms with Crippen molar-refractivity contribution in [3.8, 4) is 0 Å². The monoisotopic (exact) mass is 331 g/mol. The summed E-state index contributed by atoms with van der Waals surface area (Å²) in [6.45, 7) is 0.504. The van der Waals surface area contributed by atoms with E-state index >= 15 is 0 Å². The zero-order valence-electron chi connectivity index (χ0n) is 13.7. The third-order valence-electron chi connectivity index (χ3n) is 4.78. The first kappa shape index (κ1) is 15.6. The van der Waals surface area contributed by atoms with Gasteiger partial charge in [0.25, 0.3) is 0 Å². The highest BCUT2D eigenvalue weighted by Crippen LogP contribution is 2.35. The van der Waals surface area contributed by atoms with Gasteiger partial charge in [0.2, 0.25) is 5.91 Å². The molecule has 4 rings (SSSR count). The lowest BCUT2D eigenvalue weighted by molar-refractivity contribution is -0.118. The fourth-order valence-corrected chi connectivity index (χ4v) is 3.51. The maximum atomic E-state index is 13.3. The lowest BCUT2D eigenvalue weighted by Crippen LogP contribution is -2.29. The Bertz CT molecular complexity index is 889. The predicted octanol–water partition coefficient (Wildman–Crippen LogP) is 4.89. The molecule has 0 saturated carbocycles. The van der Waals surface area contributed by atoms with Crippen LogP contribution in [0.3, 0.4) is 0 Å². The maximum absolute atomic E-state index is 13.3. The molecular formula is C22H18FNO. The summed E-state index contributed by atoms with van der Waals surface area (Å²) in [7, 11) is 0. The van der Waals surface area contributed by atoms with Gasteiger partial charge in [-0.2, -0.15) is 0 Å². The van der Waals surface area contributed by atoms with Crippen LogP contribution in [0.1, 0.15) is 29.0 Å². The van der Waals surface area contributed by atoms with Gasteiger partial charge < -0.3 is 4.90 Å². The topological polar surface area (TPSA) is 20.3 Å². The number of halogens is 1. The van der Waals surface area contributed by atoms with E-state index in [2.05, 4.69) is 24.3 Å². The minimum Gasteiger partial charge on any atom is -0.308 e. The van der Waals surface area contributed by atoms with Crippen molar-refractivity contribution in [2.45, 2.75) is 18.9 Å². The van der Waals surface area contributed by atoms with Crippen LogP contribution in [0, 0.1) is 5.82 Å². The van der Waals surface area contributed by atoms with Gasteiger partial charge in [0.1, 0.15) is 5.82 Å². The summed E-state index contributed by atoms with van der Waals surface area (Å²) in [4.78, 5) is 14.7. The van der Waals surface area contributed by atoms with E-state index in [4.69, 9.17) is 0 Å². The van der Waals surface area contributed by atoms with Crippen LogP contribution in [0.2, 0.25) is 0 Å². The number of carbonyl (C=O) groups excluding carboxylic acids is 1. The van der Waals surface area contributed by atoms with Crippen molar-refractivity contribution in [1.29, 1.82) is 0 Å². The number of hydrogen-bond donors (Lipinski definition) is 0. The van der Waals surface area contributed by atoms with Gasteiger partial charge >= 0.3 is 0 Å². The van der Waals surface area contributed by atoms with Crippen molar-refractivity contribution in [2.24, 2.45) is 0 Å². The van der Waals surface area contributed by atoms with Crippen LogP contribution in [0.15, 0.2) is 78.9 Å². The fourth-order valence-electron chi connectivity index (χ4n) is 3.51. The van der Waals surface area contributed by atoms with E-state index in [0.29, 0.717) is 13.0 Å². The molecule has 25 heavy (non-hydrogen) atoms. The van der Waals surface area contributed by atoms with Gasteiger partial charge in [0.15, 0.2) is 0 Å². The molecule has 0 fully saturated rings. The molecule has 1 amide bonds. The lowest BCUT2D eigenvalue weighted by Gasteiger charge is -2.21. The summed E-state index contributed by atoms with van der Waals surface area (Å²) in [5.74, 6) is -0.208. The molecule has 3 heteroatoms. The molecule has 1 heterocycles. The van der Waals surface area contributed by atoms with Crippen LogP contribution in [0.5, 0.6) is 0 Å². The van der Waals surface area contributed by atoms with Gasteiger partial charge in [-0.3, -0.25) is 4.79 Å². The molecule has 0 radical (unpaired) electrons. The number of anilines is 1. The minimum absolute atomic E-state index is 0.0374. The van der Waals surface area contributed by atoms with Crippen molar-refractivity contribution in [3.05, 3.63) is 101 Å². The van der Waals surface area contributed by atoms with Crippen LogP contribution in [-0.4, -0.2) is 5.91 Å². The molecular weight excluding hydrogens is 313 g/mol. The summed E-state index contributed by atoms with van der Waals surface area (Å²) >= 11 is 0. The Kier molecular flexibility index (Phi) is 4.06. The zero-order valence-corrected chi connectivity index (χ0v) is 13.7. The van der Waals surface area contributed by atoms with Gasteiger partial charge in [0.05, 0.1) is 6.54 Å². The van der Waals surface area contributed by atoms with Crippen molar-refractivity contribution in [3.63, 3.8) is 0 Å². The van der Waals surface area contributed by atoms with Gasteiger partial charge in [-0.05, 0) is 41.0 Å². The summed E-state index contributed by atoms with van der Waals surface area (Å²) in [6.07, 6.45) is 0.401. The maximum Gasteiger partial charge on any atom is 0.228 e. The number of nitrogens with zero attached hydrogens (tertiary/aromatic N) is 1. The number of benzene rings is 3. The number of rotatable bonds is 2. The van der Waals surface area contributed by atoms with Crippen LogP contribution in [0.25, 0.3) is 0 Å². The SMILES string of the molecule is O=C1CC(c2ccccc2)c2ccccc2CN1c1ccc(F)cc1. The van der Waals surface area contributed by atoms with Gasteiger partial charge in [-0.1, -0.05) is 54.6 Å². The average Bonchev–Trinajstić information content (AvgIpc) is 2.80. The normalized spacial score (nSPS) is 17.1. The van der Waals surface area contributed by atoms with Gasteiger partial charge in [0, 0.05) is 18.0 Å². The molecule has 0 bridgehead atoms. The molecule has 0 N–H and O–H groups in total. The molecule has 0 saturated heterocycles. The molecule has 0 spiro atoms. The van der Waals surface area contributed by atoms with E-state index in [1.165, 1.54) is 17.7 Å². The number of fused-ring (bicyclic) bond motifs is 1. The fraction of sp³-hybridized carbons (Fsp3) is 0.136. The van der Waals surface area contributed by atoms with Crippen LogP contribution >= 0.6 is 0 Å². The molecule has 1 atom stereocenters. The Balaban J connectivity index is 1.78. The standard InChI is InChI=1S/C22H18FNO/c23-18-10-12-19(13-11-18)24-15-17-8-4-5-9-20(17)21(14-22(24)25)16-6-2-1-3-7-16/h1-13,21H,14-15H2. The summed E-state index contributed by atoms with van der Waals surface area (Å²) < 4.78 is 13.3. The quantitative estimate of drug-likeness (QED) is 0.654. The zero-order chi connectivity index (χ0) is 17.2. The van der Waals surface area contributed by atoms with Crippen molar-refractivity contribution in [2.75, 3.05) is 4.90 Å². The third-order valence-corrected chi connectivity index (χ3v) is 4.78. The Morgan fingerprint density at radius 3 is 2.28 bits per heavy atom. The van der Waals surface area contributed by atoms with Crippen molar-refractivity contribution < 1.29 is 9.18 Å². The second-order valence-corrected chi connectivity index (χ2v) is 6.32. The summed E-state index contributed by atoms with van der Waals surface area (Å²) in [5.41, 5.74) is 4.19. The Hall–Kier alpha value is -2.94. The number of carbonyl (C=O) groups is 1. The average molecular weight is 331 g/mol. The Morgan fingerprint density at radius 2 is 1.52 bits per heavy atom. The Morgan fingerprint density at radius 1 is 0.840 bits per heavy atom. The Labute approximate surface area is 146 Å². The highest BCUT2D eigenvalue weighted by Gasteiger charge is 2.29. The third kappa shape index (κ3) is 3.05. The molecule has 1 aliphatic heterocycles. The van der Waals surface area contributed by atoms with E-state index in [0.717, 1.165) is 16.8 Å². The van der Waals surface area contributed by atoms with Crippen LogP contribution in [-0.2, 0) is 11.3 Å². The van der Waals surface area contributed by atoms with Crippen molar-refractivity contribution in [1.82, 2.24) is 0 Å². The van der Waals surface area contributed by atoms with E-state index in [1.807, 2.05) is 30.3 Å². The number of amides is 1. The number of hydrogen-bond acceptors (Lipinski definition) is 1. The van der Waals surface area contributed by atoms with Gasteiger partial charge in [-0.25, -0.2) is 4.39 Å². The molecule has 3 aromatic rings. The second-order valence-electron chi connectivity index (χ2n) is 6.32. The van der Waals surface area contributed by atoms with Crippen LogP contribution in [0.4, 0.5) is 10.1 Å². The first-order chi connectivity index (χ1) is 12.2. The molecule has 124 valence electrons. The van der Waals surface area contributed by atoms with E-state index in [1.54, 1.807) is 17.0 Å². The van der Waals surface area contributed by atoms with Crippen molar-refractivity contribution >= 4 is 11.6 Å². The molecule has 3 aromatic carbocycles.